The fourth-order valence-electron chi connectivity index (χ4n) is 0.928. The fourth-order valence-corrected chi connectivity index (χ4v) is 2.54. The summed E-state index contributed by atoms with van der Waals surface area (Å²) in [6.07, 6.45) is 0. The van der Waals surface area contributed by atoms with Crippen molar-refractivity contribution in [3.8, 4) is 0 Å². The van der Waals surface area contributed by atoms with Crippen LogP contribution in [-0.4, -0.2) is 29.3 Å². The van der Waals surface area contributed by atoms with E-state index >= 15 is 0 Å². The molecule has 1 aromatic rings. The molecular weight excluding hydrogens is 258 g/mol. The molecule has 0 spiro atoms. The smallest absolute Gasteiger partial charge is 0.310 e. The average molecular weight is 273 g/mol. The van der Waals surface area contributed by atoms with Crippen LogP contribution in [0.2, 0.25) is 0 Å². The van der Waals surface area contributed by atoms with Crippen LogP contribution in [0.5, 0.6) is 0 Å². The van der Waals surface area contributed by atoms with Crippen LogP contribution in [-0.2, 0) is 9.59 Å². The van der Waals surface area contributed by atoms with Crippen LogP contribution in [0.1, 0.15) is 13.8 Å². The lowest BCUT2D eigenvalue weighted by atomic mass is 9.94. The largest absolute Gasteiger partial charge is 0.481 e. The zero-order valence-electron chi connectivity index (χ0n) is 9.73. The Balaban J connectivity index is 2.28. The Hall–Kier alpha value is -1.01. The number of thiophene rings is 1. The minimum atomic E-state index is -0.927. The molecule has 1 rings (SSSR count). The van der Waals surface area contributed by atoms with Crippen LogP contribution in [0.4, 0.5) is 0 Å². The van der Waals surface area contributed by atoms with Crippen molar-refractivity contribution in [1.82, 2.24) is 5.32 Å². The van der Waals surface area contributed by atoms with Crippen molar-refractivity contribution in [3.63, 3.8) is 0 Å². The van der Waals surface area contributed by atoms with E-state index in [4.69, 9.17) is 5.11 Å². The van der Waals surface area contributed by atoms with E-state index in [2.05, 4.69) is 5.32 Å². The first-order valence-electron chi connectivity index (χ1n) is 5.08. The minimum absolute atomic E-state index is 0.141. The van der Waals surface area contributed by atoms with Crippen molar-refractivity contribution in [2.24, 2.45) is 5.41 Å². The molecule has 2 N–H and O–H groups in total. The number of carboxylic acids is 1. The van der Waals surface area contributed by atoms with Gasteiger partial charge in [0.05, 0.1) is 15.4 Å². The van der Waals surface area contributed by atoms with Crippen LogP contribution in [0.3, 0.4) is 0 Å². The van der Waals surface area contributed by atoms with Crippen LogP contribution in [0.25, 0.3) is 0 Å². The molecular formula is C11H15NO3S2. The second-order valence-electron chi connectivity index (χ2n) is 4.19. The third kappa shape index (κ3) is 4.79. The summed E-state index contributed by atoms with van der Waals surface area (Å²) in [7, 11) is 0. The van der Waals surface area contributed by atoms with E-state index in [1.54, 1.807) is 25.2 Å². The van der Waals surface area contributed by atoms with Gasteiger partial charge in [0, 0.05) is 6.54 Å². The third-order valence-corrected chi connectivity index (χ3v) is 4.28. The second kappa shape index (κ2) is 6.07. The molecule has 17 heavy (non-hydrogen) atoms. The van der Waals surface area contributed by atoms with E-state index in [0.29, 0.717) is 5.75 Å². The first-order chi connectivity index (χ1) is 7.92. The van der Waals surface area contributed by atoms with Crippen molar-refractivity contribution in [2.45, 2.75) is 18.1 Å². The zero-order chi connectivity index (χ0) is 12.9. The number of rotatable bonds is 6. The summed E-state index contributed by atoms with van der Waals surface area (Å²) in [5, 5.41) is 13.5. The summed E-state index contributed by atoms with van der Waals surface area (Å²) in [6.45, 7) is 3.32. The van der Waals surface area contributed by atoms with Crippen molar-refractivity contribution >= 4 is 35.0 Å². The average Bonchev–Trinajstić information content (AvgIpc) is 2.76. The SMILES string of the molecule is CC(C)(CNC(=O)CSc1cccs1)C(=O)O. The van der Waals surface area contributed by atoms with E-state index in [1.165, 1.54) is 11.8 Å². The van der Waals surface area contributed by atoms with Gasteiger partial charge in [0.2, 0.25) is 5.91 Å². The monoisotopic (exact) mass is 273 g/mol. The molecule has 1 heterocycles. The molecule has 94 valence electrons. The lowest BCUT2D eigenvalue weighted by molar-refractivity contribution is -0.146. The highest BCUT2D eigenvalue weighted by atomic mass is 32.2. The maximum absolute atomic E-state index is 11.5. The van der Waals surface area contributed by atoms with E-state index in [9.17, 15) is 9.59 Å². The van der Waals surface area contributed by atoms with Crippen LogP contribution >= 0.6 is 23.1 Å². The van der Waals surface area contributed by atoms with Gasteiger partial charge in [-0.1, -0.05) is 6.07 Å². The Morgan fingerprint density at radius 3 is 2.76 bits per heavy atom. The Labute approximate surface area is 108 Å². The maximum atomic E-state index is 11.5. The van der Waals surface area contributed by atoms with Crippen LogP contribution in [0.15, 0.2) is 21.7 Å². The molecule has 6 heteroatoms. The number of carbonyl (C=O) groups excluding carboxylic acids is 1. The van der Waals surface area contributed by atoms with Gasteiger partial charge < -0.3 is 10.4 Å². The van der Waals surface area contributed by atoms with Gasteiger partial charge in [0.15, 0.2) is 0 Å². The highest BCUT2D eigenvalue weighted by molar-refractivity contribution is 8.01. The number of aliphatic carboxylic acids is 1. The van der Waals surface area contributed by atoms with Gasteiger partial charge >= 0.3 is 5.97 Å². The molecule has 0 aliphatic rings. The number of hydrogen-bond donors (Lipinski definition) is 2. The third-order valence-electron chi connectivity index (χ3n) is 2.15. The molecule has 0 unspecified atom stereocenters. The molecule has 0 aromatic carbocycles. The lowest BCUT2D eigenvalue weighted by Gasteiger charge is -2.19. The van der Waals surface area contributed by atoms with E-state index in [0.717, 1.165) is 4.21 Å². The molecule has 0 fully saturated rings. The van der Waals surface area contributed by atoms with Gasteiger partial charge in [-0.3, -0.25) is 9.59 Å². The fraction of sp³-hybridized carbons (Fsp3) is 0.455. The van der Waals surface area contributed by atoms with E-state index in [-0.39, 0.29) is 12.5 Å². The standard InChI is InChI=1S/C11H15NO3S2/c1-11(2,10(14)15)7-12-8(13)6-17-9-4-3-5-16-9/h3-5H,6-7H2,1-2H3,(H,12,13)(H,14,15). The number of thioether (sulfide) groups is 1. The highest BCUT2D eigenvalue weighted by Gasteiger charge is 2.27. The normalized spacial score (nSPS) is 11.2. The van der Waals surface area contributed by atoms with Gasteiger partial charge in [-0.25, -0.2) is 0 Å². The molecule has 0 saturated carbocycles. The van der Waals surface area contributed by atoms with Crippen molar-refractivity contribution < 1.29 is 14.7 Å². The molecule has 4 nitrogen and oxygen atoms in total. The molecule has 1 amide bonds. The summed E-state index contributed by atoms with van der Waals surface area (Å²) >= 11 is 3.04. The number of hydrogen-bond acceptors (Lipinski definition) is 4. The molecule has 0 aliphatic carbocycles. The summed E-state index contributed by atoms with van der Waals surface area (Å²) < 4.78 is 1.08. The van der Waals surface area contributed by atoms with Gasteiger partial charge in [-0.2, -0.15) is 0 Å². The van der Waals surface area contributed by atoms with Gasteiger partial charge in [0.25, 0.3) is 0 Å². The molecule has 1 aromatic heterocycles. The first kappa shape index (κ1) is 14.1. The zero-order valence-corrected chi connectivity index (χ0v) is 11.4. The molecule has 0 bridgehead atoms. The lowest BCUT2D eigenvalue weighted by Crippen LogP contribution is -2.39. The maximum Gasteiger partial charge on any atom is 0.310 e. The predicted octanol–water partition coefficient (Wildman–Crippen LogP) is 2.07. The van der Waals surface area contributed by atoms with Gasteiger partial charge in [-0.05, 0) is 25.3 Å². The number of nitrogens with one attached hydrogen (secondary N) is 1. The van der Waals surface area contributed by atoms with E-state index < -0.39 is 11.4 Å². The highest BCUT2D eigenvalue weighted by Crippen LogP contribution is 2.23. The Kier molecular flexibility index (Phi) is 5.02. The Morgan fingerprint density at radius 1 is 1.53 bits per heavy atom. The molecule has 0 aliphatic heterocycles. The predicted molar refractivity (Wildman–Crippen MR) is 69.5 cm³/mol. The first-order valence-corrected chi connectivity index (χ1v) is 6.95. The molecule has 0 saturated heterocycles. The Bertz CT molecular complexity index is 387. The molecule has 0 radical (unpaired) electrons. The second-order valence-corrected chi connectivity index (χ2v) is 6.41. The van der Waals surface area contributed by atoms with Gasteiger partial charge in [0.1, 0.15) is 0 Å². The minimum Gasteiger partial charge on any atom is -0.481 e. The summed E-state index contributed by atoms with van der Waals surface area (Å²) in [5.41, 5.74) is -0.927. The quantitative estimate of drug-likeness (QED) is 0.779. The van der Waals surface area contributed by atoms with Crippen LogP contribution < -0.4 is 5.32 Å². The van der Waals surface area contributed by atoms with Crippen LogP contribution in [0, 0.1) is 5.41 Å². The van der Waals surface area contributed by atoms with E-state index in [1.807, 2.05) is 17.5 Å². The molecule has 0 atom stereocenters. The summed E-state index contributed by atoms with van der Waals surface area (Å²) in [6, 6.07) is 3.88. The summed E-state index contributed by atoms with van der Waals surface area (Å²) in [5.74, 6) is -0.739. The number of carboxylic acid groups (broad SMARTS) is 1. The van der Waals surface area contributed by atoms with Gasteiger partial charge in [-0.15, -0.1) is 23.1 Å². The van der Waals surface area contributed by atoms with Crippen molar-refractivity contribution in [3.05, 3.63) is 17.5 Å². The topological polar surface area (TPSA) is 66.4 Å². The number of carbonyl (C=O) groups is 2. The Morgan fingerprint density at radius 2 is 2.24 bits per heavy atom. The summed E-state index contributed by atoms with van der Waals surface area (Å²) in [4.78, 5) is 22.3. The van der Waals surface area contributed by atoms with Crippen molar-refractivity contribution in [1.29, 1.82) is 0 Å². The van der Waals surface area contributed by atoms with Crippen molar-refractivity contribution in [2.75, 3.05) is 12.3 Å². The number of amides is 1.